The quantitative estimate of drug-likeness (QED) is 0.886. The normalized spacial score (nSPS) is 13.9. The predicted octanol–water partition coefficient (Wildman–Crippen LogP) is 1.77. The average molecular weight is 248 g/mol. The predicted molar refractivity (Wildman–Crippen MR) is 61.9 cm³/mol. The highest BCUT2D eigenvalue weighted by Gasteiger charge is 2.22. The van der Waals surface area contributed by atoms with Crippen LogP contribution in [0.25, 0.3) is 0 Å². The third-order valence-electron chi connectivity index (χ3n) is 2.32. The molecule has 0 aliphatic rings. The van der Waals surface area contributed by atoms with Gasteiger partial charge in [-0.2, -0.15) is 0 Å². The molecule has 5 heteroatoms. The van der Waals surface area contributed by atoms with Crippen LogP contribution in [0.2, 0.25) is 5.02 Å². The molecule has 0 amide bonds. The Morgan fingerprint density at radius 2 is 2.07 bits per heavy atom. The first-order chi connectivity index (χ1) is 6.89. The molecule has 0 aliphatic carbocycles. The molecule has 0 bridgehead atoms. The van der Waals surface area contributed by atoms with Crippen molar-refractivity contribution in [3.05, 3.63) is 28.8 Å². The highest BCUT2D eigenvalue weighted by molar-refractivity contribution is 7.92. The van der Waals surface area contributed by atoms with E-state index in [4.69, 9.17) is 17.3 Å². The number of sulfone groups is 1. The van der Waals surface area contributed by atoms with Gasteiger partial charge in [0, 0.05) is 11.6 Å². The molecule has 0 spiro atoms. The second kappa shape index (κ2) is 4.51. The summed E-state index contributed by atoms with van der Waals surface area (Å²) in [5.41, 5.74) is 6.11. The van der Waals surface area contributed by atoms with Crippen LogP contribution in [0.3, 0.4) is 0 Å². The summed E-state index contributed by atoms with van der Waals surface area (Å²) in [5.74, 6) is 0. The van der Waals surface area contributed by atoms with Crippen LogP contribution in [0.5, 0.6) is 0 Å². The molecule has 0 aromatic heterocycles. The van der Waals surface area contributed by atoms with Crippen molar-refractivity contribution < 1.29 is 8.42 Å². The molecule has 0 aliphatic heterocycles. The zero-order chi connectivity index (χ0) is 11.6. The Balaban J connectivity index is 3.23. The molecule has 3 nitrogen and oxygen atoms in total. The number of benzene rings is 1. The molecule has 1 unspecified atom stereocenters. The van der Waals surface area contributed by atoms with Gasteiger partial charge in [-0.05, 0) is 37.6 Å². The molecule has 15 heavy (non-hydrogen) atoms. The Morgan fingerprint density at radius 3 is 2.53 bits per heavy atom. The third kappa shape index (κ3) is 2.51. The van der Waals surface area contributed by atoms with Gasteiger partial charge >= 0.3 is 0 Å². The summed E-state index contributed by atoms with van der Waals surface area (Å²) in [4.78, 5) is 0.280. The number of rotatable bonds is 3. The van der Waals surface area contributed by atoms with Gasteiger partial charge in [-0.15, -0.1) is 0 Å². The van der Waals surface area contributed by atoms with E-state index in [1.54, 1.807) is 26.0 Å². The van der Waals surface area contributed by atoms with Crippen molar-refractivity contribution in [3.8, 4) is 0 Å². The molecule has 2 N–H and O–H groups in total. The van der Waals surface area contributed by atoms with E-state index in [0.29, 0.717) is 5.02 Å². The monoisotopic (exact) mass is 247 g/mol. The van der Waals surface area contributed by atoms with Gasteiger partial charge in [0.2, 0.25) is 0 Å². The van der Waals surface area contributed by atoms with Crippen molar-refractivity contribution in [2.45, 2.75) is 24.0 Å². The lowest BCUT2D eigenvalue weighted by Crippen LogP contribution is -2.26. The average Bonchev–Trinajstić information content (AvgIpc) is 2.20. The number of hydrogen-bond donors (Lipinski definition) is 1. The van der Waals surface area contributed by atoms with E-state index >= 15 is 0 Å². The van der Waals surface area contributed by atoms with E-state index in [1.165, 1.54) is 6.07 Å². The Kier molecular flexibility index (Phi) is 3.76. The number of halogens is 1. The summed E-state index contributed by atoms with van der Waals surface area (Å²) >= 11 is 5.82. The van der Waals surface area contributed by atoms with Gasteiger partial charge in [0.05, 0.1) is 10.1 Å². The fourth-order valence-electron chi connectivity index (χ4n) is 1.15. The van der Waals surface area contributed by atoms with Crippen LogP contribution in [0.4, 0.5) is 0 Å². The van der Waals surface area contributed by atoms with Crippen molar-refractivity contribution in [1.82, 2.24) is 0 Å². The second-order valence-corrected chi connectivity index (χ2v) is 6.28. The highest BCUT2D eigenvalue weighted by Crippen LogP contribution is 2.22. The molecule has 0 saturated carbocycles. The minimum atomic E-state index is -3.31. The molecule has 1 aromatic carbocycles. The molecule has 1 rings (SSSR count). The van der Waals surface area contributed by atoms with E-state index in [1.807, 2.05) is 0 Å². The third-order valence-corrected chi connectivity index (χ3v) is 4.91. The molecule has 0 fully saturated rings. The van der Waals surface area contributed by atoms with Crippen LogP contribution < -0.4 is 5.73 Å². The van der Waals surface area contributed by atoms with Gasteiger partial charge in [0.1, 0.15) is 0 Å². The van der Waals surface area contributed by atoms with Crippen LogP contribution in [-0.2, 0) is 9.84 Å². The SMILES string of the molecule is Cc1cc(S(=O)(=O)C(C)CN)ccc1Cl. The Hall–Kier alpha value is -0.580. The Morgan fingerprint density at radius 1 is 1.47 bits per heavy atom. The maximum Gasteiger partial charge on any atom is 0.182 e. The Bertz CT molecular complexity index is 456. The van der Waals surface area contributed by atoms with Gasteiger partial charge in [-0.3, -0.25) is 0 Å². The lowest BCUT2D eigenvalue weighted by Gasteiger charge is -2.11. The van der Waals surface area contributed by atoms with E-state index in [-0.39, 0.29) is 11.4 Å². The van der Waals surface area contributed by atoms with Crippen LogP contribution in [0.15, 0.2) is 23.1 Å². The molecule has 0 saturated heterocycles. The van der Waals surface area contributed by atoms with Crippen LogP contribution >= 0.6 is 11.6 Å². The van der Waals surface area contributed by atoms with Crippen LogP contribution in [0.1, 0.15) is 12.5 Å². The summed E-state index contributed by atoms with van der Waals surface area (Å²) in [7, 11) is -3.31. The highest BCUT2D eigenvalue weighted by atomic mass is 35.5. The zero-order valence-corrected chi connectivity index (χ0v) is 10.3. The fourth-order valence-corrected chi connectivity index (χ4v) is 2.59. The number of hydrogen-bond acceptors (Lipinski definition) is 3. The van der Waals surface area contributed by atoms with Crippen molar-refractivity contribution in [1.29, 1.82) is 0 Å². The van der Waals surface area contributed by atoms with Gasteiger partial charge < -0.3 is 5.73 Å². The lowest BCUT2D eigenvalue weighted by atomic mass is 10.2. The lowest BCUT2D eigenvalue weighted by molar-refractivity contribution is 0.584. The van der Waals surface area contributed by atoms with Crippen LogP contribution in [0, 0.1) is 6.92 Å². The largest absolute Gasteiger partial charge is 0.329 e. The number of nitrogens with two attached hydrogens (primary N) is 1. The van der Waals surface area contributed by atoms with E-state index in [0.717, 1.165) is 5.56 Å². The van der Waals surface area contributed by atoms with Crippen molar-refractivity contribution >= 4 is 21.4 Å². The summed E-state index contributed by atoms with van der Waals surface area (Å²) in [5, 5.41) is -0.00701. The van der Waals surface area contributed by atoms with Gasteiger partial charge in [0.15, 0.2) is 9.84 Å². The first kappa shape index (κ1) is 12.5. The Labute approximate surface area is 95.2 Å². The summed E-state index contributed by atoms with van der Waals surface area (Å²) < 4.78 is 23.8. The summed E-state index contributed by atoms with van der Waals surface area (Å²) in [6.45, 7) is 3.48. The first-order valence-electron chi connectivity index (χ1n) is 4.59. The van der Waals surface area contributed by atoms with Gasteiger partial charge in [-0.25, -0.2) is 8.42 Å². The summed E-state index contributed by atoms with van der Waals surface area (Å²) in [6.07, 6.45) is 0. The van der Waals surface area contributed by atoms with E-state index in [2.05, 4.69) is 0 Å². The fraction of sp³-hybridized carbons (Fsp3) is 0.400. The van der Waals surface area contributed by atoms with Gasteiger partial charge in [0.25, 0.3) is 0 Å². The zero-order valence-electron chi connectivity index (χ0n) is 8.70. The smallest absolute Gasteiger partial charge is 0.182 e. The first-order valence-corrected chi connectivity index (χ1v) is 6.52. The molecular weight excluding hydrogens is 234 g/mol. The molecular formula is C10H14ClNO2S. The van der Waals surface area contributed by atoms with Gasteiger partial charge in [-0.1, -0.05) is 11.6 Å². The summed E-state index contributed by atoms with van der Waals surface area (Å²) in [6, 6.07) is 4.67. The molecule has 1 atom stereocenters. The maximum absolute atomic E-state index is 11.9. The maximum atomic E-state index is 11.9. The topological polar surface area (TPSA) is 60.2 Å². The number of aryl methyl sites for hydroxylation is 1. The molecule has 84 valence electrons. The van der Waals surface area contributed by atoms with Crippen molar-refractivity contribution in [2.24, 2.45) is 5.73 Å². The van der Waals surface area contributed by atoms with Crippen molar-refractivity contribution in [2.75, 3.05) is 6.54 Å². The second-order valence-electron chi connectivity index (χ2n) is 3.50. The minimum Gasteiger partial charge on any atom is -0.329 e. The molecule has 0 radical (unpaired) electrons. The van der Waals surface area contributed by atoms with Crippen molar-refractivity contribution in [3.63, 3.8) is 0 Å². The van der Waals surface area contributed by atoms with Crippen LogP contribution in [-0.4, -0.2) is 20.2 Å². The van der Waals surface area contributed by atoms with E-state index in [9.17, 15) is 8.42 Å². The molecule has 0 heterocycles. The molecule has 1 aromatic rings. The van der Waals surface area contributed by atoms with E-state index < -0.39 is 15.1 Å². The standard InChI is InChI=1S/C10H14ClNO2S/c1-7-5-9(3-4-10(7)11)15(13,14)8(2)6-12/h3-5,8H,6,12H2,1-2H3. The minimum absolute atomic E-state index is 0.115.